The fraction of sp³-hybridized carbons (Fsp3) is 0.109. The average molecular weight is 1030 g/mol. The fourth-order valence-corrected chi connectivity index (χ4v) is 7.69. The lowest BCUT2D eigenvalue weighted by Crippen LogP contribution is -2.81. The zero-order valence-electron chi connectivity index (χ0n) is 35.4. The molecule has 25 heteroatoms. The van der Waals surface area contributed by atoms with Gasteiger partial charge in [0.2, 0.25) is 12.3 Å². The molecule has 0 aliphatic heterocycles. The van der Waals surface area contributed by atoms with E-state index in [9.17, 15) is 62.3 Å². The Kier molecular flexibility index (Phi) is 14.4. The van der Waals surface area contributed by atoms with Gasteiger partial charge in [-0.3, -0.25) is 4.79 Å². The van der Waals surface area contributed by atoms with Gasteiger partial charge in [-0.1, -0.05) is 48.5 Å². The van der Waals surface area contributed by atoms with Crippen LogP contribution in [0.3, 0.4) is 0 Å². The van der Waals surface area contributed by atoms with Gasteiger partial charge in [0.1, 0.15) is 58.3 Å². The topological polar surface area (TPSA) is 47.2 Å². The van der Waals surface area contributed by atoms with E-state index in [1.807, 2.05) is 69.3 Å². The van der Waals surface area contributed by atoms with Gasteiger partial charge in [0.15, 0.2) is 76.0 Å². The smallest absolute Gasteiger partial charge is 0.404 e. The van der Waals surface area contributed by atoms with Crippen LogP contribution in [0, 0.1) is 116 Å². The van der Waals surface area contributed by atoms with Gasteiger partial charge in [-0.05, 0) is 32.2 Å². The third kappa shape index (κ3) is 8.78. The molecule has 0 bridgehead atoms. The van der Waals surface area contributed by atoms with Crippen molar-refractivity contribution in [3.8, 4) is 0 Å². The number of aromatic nitrogens is 1. The molecule has 0 radical (unpaired) electrons. The highest BCUT2D eigenvalue weighted by atomic mass is 19.2. The molecule has 7 aromatic rings. The van der Waals surface area contributed by atoms with Crippen molar-refractivity contribution in [2.75, 3.05) is 0 Å². The zero-order chi connectivity index (χ0) is 53.1. The summed E-state index contributed by atoms with van der Waals surface area (Å²) in [6.07, 6.45) is -5.45. The Labute approximate surface area is 384 Å². The summed E-state index contributed by atoms with van der Waals surface area (Å²) in [5, 5.41) is 1.70. The predicted molar refractivity (Wildman–Crippen MR) is 209 cm³/mol. The molecule has 0 atom stereocenters. The number of carbonyl (C=O) groups excluding carboxylic acids is 2. The van der Waals surface area contributed by atoms with E-state index in [1.165, 1.54) is 0 Å². The quantitative estimate of drug-likeness (QED) is 0.0290. The molecule has 0 saturated carbocycles. The lowest BCUT2D eigenvalue weighted by atomic mass is 9.12. The highest BCUT2D eigenvalue weighted by Gasteiger charge is 2.52. The van der Waals surface area contributed by atoms with Crippen LogP contribution in [0.15, 0.2) is 66.9 Å². The normalized spacial score (nSPS) is 11.8. The van der Waals surface area contributed by atoms with Crippen molar-refractivity contribution >= 4 is 50.5 Å². The number of Topliss-reactive ketones (excluding diaryl/α,β-unsaturated/α-hetero) is 1. The molecular weight excluding hydrogens is 1010 g/mol. The molecular formula is C46H22BF20NO3. The molecule has 0 amide bonds. The standard InChI is InChI=1S/C24BF20.C22H22NO3/c26-5-1(6(27)14(35)21(42)13(5)34)25(2-7(28)15(36)22(43)16(37)8(2)29,3-9(30)17(38)23(44)18(39)10(3)31)4-11(32)19(40)24(45)20(41)12(4)33;1-22(2,3)26-21(25)20-18-12-8-7-9-16(18)13-14-23(20)15-19(24)17-10-5-4-6-11-17/h;4-14H,15H2,1-3H3/q-1;+1. The maximum Gasteiger partial charge on any atom is 0.404 e. The van der Waals surface area contributed by atoms with Gasteiger partial charge in [-0.15, -0.1) is 21.9 Å². The Hall–Kier alpha value is -7.47. The summed E-state index contributed by atoms with van der Waals surface area (Å²) in [4.78, 5) is 25.5. The first-order valence-corrected chi connectivity index (χ1v) is 19.5. The van der Waals surface area contributed by atoms with E-state index < -0.39 is 156 Å². The van der Waals surface area contributed by atoms with Crippen LogP contribution in [-0.4, -0.2) is 23.5 Å². The lowest BCUT2D eigenvalue weighted by Gasteiger charge is -2.44. The molecule has 1 heterocycles. The van der Waals surface area contributed by atoms with E-state index in [1.54, 1.807) is 22.9 Å². The first-order chi connectivity index (χ1) is 33.1. The third-order valence-electron chi connectivity index (χ3n) is 10.6. The number of ether oxygens (including phenoxy) is 1. The van der Waals surface area contributed by atoms with Crippen LogP contribution < -0.4 is 26.4 Å². The van der Waals surface area contributed by atoms with Gasteiger partial charge < -0.3 is 4.74 Å². The van der Waals surface area contributed by atoms with Crippen LogP contribution in [-0.2, 0) is 11.3 Å². The first-order valence-electron chi connectivity index (χ1n) is 19.5. The van der Waals surface area contributed by atoms with Crippen LogP contribution in [0.4, 0.5) is 87.8 Å². The SMILES string of the molecule is CC(C)(C)OC(=O)c1c2ccccc2cc[n+]1CC(=O)c1ccccc1.Fc1c(F)c(F)c([B-](c2c(F)c(F)c(F)c(F)c2F)(c2c(F)c(F)c(F)c(F)c2F)c2c(F)c(F)c(F)c(F)c2F)c(F)c1F. The van der Waals surface area contributed by atoms with Crippen molar-refractivity contribution in [2.45, 2.75) is 32.9 Å². The summed E-state index contributed by atoms with van der Waals surface area (Å²) >= 11 is 0. The van der Waals surface area contributed by atoms with Gasteiger partial charge in [0.05, 0.1) is 5.39 Å². The highest BCUT2D eigenvalue weighted by molar-refractivity contribution is 7.20. The maximum absolute atomic E-state index is 15.4. The molecule has 71 heavy (non-hydrogen) atoms. The van der Waals surface area contributed by atoms with Crippen LogP contribution in [0.1, 0.15) is 41.6 Å². The molecule has 0 unspecified atom stereocenters. The summed E-state index contributed by atoms with van der Waals surface area (Å²) in [5.74, 6) is -71.9. The van der Waals surface area contributed by atoms with Crippen molar-refractivity contribution in [3.05, 3.63) is 194 Å². The highest BCUT2D eigenvalue weighted by Crippen LogP contribution is 2.31. The van der Waals surface area contributed by atoms with Crippen molar-refractivity contribution < 1.29 is 107 Å². The van der Waals surface area contributed by atoms with Crippen LogP contribution in [0.5, 0.6) is 0 Å². The second kappa shape index (κ2) is 19.4. The lowest BCUT2D eigenvalue weighted by molar-refractivity contribution is -0.684. The van der Waals surface area contributed by atoms with Gasteiger partial charge in [0.25, 0.3) is 5.69 Å². The van der Waals surface area contributed by atoms with Gasteiger partial charge >= 0.3 is 5.97 Å². The summed E-state index contributed by atoms with van der Waals surface area (Å²) in [6, 6.07) is 18.6. The van der Waals surface area contributed by atoms with E-state index in [2.05, 4.69) is 0 Å². The van der Waals surface area contributed by atoms with E-state index in [0.717, 1.165) is 10.8 Å². The molecule has 0 N–H and O–H groups in total. The van der Waals surface area contributed by atoms with E-state index in [0.29, 0.717) is 11.3 Å². The molecule has 0 aliphatic carbocycles. The number of carbonyl (C=O) groups is 2. The Bertz CT molecular complexity index is 2960. The van der Waals surface area contributed by atoms with Crippen LogP contribution in [0.25, 0.3) is 10.8 Å². The first kappa shape index (κ1) is 52.9. The van der Waals surface area contributed by atoms with E-state index >= 15 is 35.1 Å². The molecule has 372 valence electrons. The average Bonchev–Trinajstić information content (AvgIpc) is 3.33. The minimum Gasteiger partial charge on any atom is -0.452 e. The number of hydrogen-bond donors (Lipinski definition) is 0. The van der Waals surface area contributed by atoms with Gasteiger partial charge in [0, 0.05) is 11.6 Å². The Morgan fingerprint density at radius 3 is 1.04 bits per heavy atom. The molecule has 0 spiro atoms. The Morgan fingerprint density at radius 1 is 0.423 bits per heavy atom. The minimum atomic E-state index is -7.22. The van der Waals surface area contributed by atoms with Crippen LogP contribution in [0.2, 0.25) is 0 Å². The molecule has 0 saturated heterocycles. The number of nitrogens with zero attached hydrogens (tertiary/aromatic N) is 1. The van der Waals surface area contributed by atoms with Crippen molar-refractivity contribution in [1.82, 2.24) is 0 Å². The Morgan fingerprint density at radius 2 is 0.718 bits per heavy atom. The van der Waals surface area contributed by atoms with E-state index in [-0.39, 0.29) is 12.3 Å². The second-order valence-corrected chi connectivity index (χ2v) is 16.0. The van der Waals surface area contributed by atoms with Crippen molar-refractivity contribution in [2.24, 2.45) is 0 Å². The van der Waals surface area contributed by atoms with Gasteiger partial charge in [-0.2, -0.15) is 4.57 Å². The number of esters is 1. The second-order valence-electron chi connectivity index (χ2n) is 16.0. The number of rotatable bonds is 8. The number of ketones is 1. The Balaban J connectivity index is 0.000000268. The maximum atomic E-state index is 15.4. The molecule has 1 aromatic heterocycles. The molecule has 4 nitrogen and oxygen atoms in total. The summed E-state index contributed by atoms with van der Waals surface area (Å²) in [7, 11) is 0. The molecule has 0 fully saturated rings. The third-order valence-corrected chi connectivity index (χ3v) is 10.6. The van der Waals surface area contributed by atoms with Gasteiger partial charge in [-0.25, -0.2) is 92.6 Å². The van der Waals surface area contributed by atoms with Crippen molar-refractivity contribution in [3.63, 3.8) is 0 Å². The minimum absolute atomic E-state index is 0.0595. The van der Waals surface area contributed by atoms with E-state index in [4.69, 9.17) is 4.74 Å². The molecule has 0 aliphatic rings. The largest absolute Gasteiger partial charge is 0.452 e. The number of pyridine rings is 1. The predicted octanol–water partition coefficient (Wildman–Crippen LogP) is 9.81. The zero-order valence-corrected chi connectivity index (χ0v) is 35.4. The molecule has 7 rings (SSSR count). The fourth-order valence-electron chi connectivity index (χ4n) is 7.69. The summed E-state index contributed by atoms with van der Waals surface area (Å²) in [5.41, 5.74) is -13.9. The number of fused-ring (bicyclic) bond motifs is 1. The number of hydrogen-bond acceptors (Lipinski definition) is 3. The van der Waals surface area contributed by atoms with Crippen molar-refractivity contribution in [1.29, 1.82) is 0 Å². The number of halogens is 20. The summed E-state index contributed by atoms with van der Waals surface area (Å²) < 4.78 is 301. The monoisotopic (exact) mass is 1030 g/mol. The summed E-state index contributed by atoms with van der Waals surface area (Å²) in [6.45, 7) is 5.56. The number of benzene rings is 6. The molecule has 6 aromatic carbocycles. The van der Waals surface area contributed by atoms with Crippen LogP contribution >= 0.6 is 0 Å².